The van der Waals surface area contributed by atoms with E-state index in [4.69, 9.17) is 58.5 Å². The van der Waals surface area contributed by atoms with Gasteiger partial charge in [-0.25, -0.2) is 34.3 Å². The highest BCUT2D eigenvalue weighted by atomic mass is 35.5. The number of alkyl halides is 12. The molecule has 5 unspecified atom stereocenters. The molecule has 0 amide bonds. The van der Waals surface area contributed by atoms with Gasteiger partial charge < -0.3 is 40.4 Å². The minimum absolute atomic E-state index is 0.0111. The standard InChI is InChI=1S/C20H17F3N2O4S2.C19H14ClF3N2O4S2.C19H17ClN2OS.C15H12ClF3N2O4S2.C15H12F4N2O4S2/c1-11-5-3-6-12-7-4-8-13(17(11)12)16-9-15-14(10-28-16)18(25-19(24-15)30-2)29-31(26,27)20(21,22)23;1-30-18-24-14-8-15(11-6-2-4-10-5-3-7-13(20)16(10)11)28-9-12(14)17(25-18)29-31(26,27)19(21,22)23;1-11-5-3-6-12-7-4-8-13(17(11)12)16-9-15-14(10-23-16)18(20)22-19(21-15)24-2;2*1-26-14-20-11-6-12(8-4-2-3-5-10(8)16)24-7-9(11)13(21-14)25-27(22,23)15(17,18)19/h3-8,16H,9-10H2,1-2H3;2-7,15H,8-9H2,1H3;3-8,16H,9-10H2,1-2H3;2*2-5,12H,6-7H2,1H3. The maximum Gasteiger partial charge on any atom is 0.534 e. The van der Waals surface area contributed by atoms with Crippen LogP contribution in [0.3, 0.4) is 0 Å². The molecule has 0 fully saturated rings. The van der Waals surface area contributed by atoms with E-state index in [2.05, 4.69) is 110 Å². The van der Waals surface area contributed by atoms with Crippen molar-refractivity contribution >= 4 is 166 Å². The van der Waals surface area contributed by atoms with Crippen LogP contribution in [0, 0.1) is 19.7 Å². The van der Waals surface area contributed by atoms with Crippen molar-refractivity contribution in [2.24, 2.45) is 0 Å². The zero-order valence-electron chi connectivity index (χ0n) is 73.1. The number of benzene rings is 8. The van der Waals surface area contributed by atoms with Crippen molar-refractivity contribution in [3.8, 4) is 23.5 Å². The molecule has 5 aromatic heterocycles. The molecule has 5 atom stereocenters. The fourth-order valence-electron chi connectivity index (χ4n) is 15.1. The van der Waals surface area contributed by atoms with Gasteiger partial charge in [0, 0.05) is 58.7 Å². The maximum atomic E-state index is 14.0. The number of hydrogen-bond acceptors (Lipinski definition) is 32. The van der Waals surface area contributed by atoms with E-state index in [1.165, 1.54) is 51.9 Å². The predicted molar refractivity (Wildman–Crippen MR) is 497 cm³/mol. The summed E-state index contributed by atoms with van der Waals surface area (Å²) in [7, 11) is -23.5. The van der Waals surface area contributed by atoms with Gasteiger partial charge in [-0.3, -0.25) is 0 Å². The number of halogens is 16. The Morgan fingerprint density at radius 1 is 0.300 bits per heavy atom. The van der Waals surface area contributed by atoms with Gasteiger partial charge in [-0.1, -0.05) is 233 Å². The van der Waals surface area contributed by atoms with Gasteiger partial charge in [0.05, 0.1) is 114 Å². The number of aromatic nitrogens is 10. The first-order chi connectivity index (χ1) is 66.1. The van der Waals surface area contributed by atoms with Gasteiger partial charge in [0.25, 0.3) is 0 Å². The molecular formula is C88H72Cl3F13N10O17S9. The fourth-order valence-corrected chi connectivity index (χ4v) is 19.6. The lowest BCUT2D eigenvalue weighted by Gasteiger charge is -2.27. The molecule has 0 N–H and O–H groups in total. The van der Waals surface area contributed by atoms with Gasteiger partial charge in [-0.2, -0.15) is 106 Å². The summed E-state index contributed by atoms with van der Waals surface area (Å²) in [6.07, 6.45) is 7.60. The largest absolute Gasteiger partial charge is 0.534 e. The minimum atomic E-state index is -5.90. The van der Waals surface area contributed by atoms with Crippen molar-refractivity contribution in [2.45, 2.75) is 157 Å². The lowest BCUT2D eigenvalue weighted by atomic mass is 9.93. The van der Waals surface area contributed by atoms with Crippen LogP contribution in [0.2, 0.25) is 15.2 Å². The third-order valence-electron chi connectivity index (χ3n) is 21.7. The Morgan fingerprint density at radius 3 is 0.857 bits per heavy atom. The molecule has 0 saturated carbocycles. The van der Waals surface area contributed by atoms with Gasteiger partial charge >= 0.3 is 62.5 Å². The Hall–Kier alpha value is -9.55. The molecule has 0 spiro atoms. The molecule has 0 saturated heterocycles. The van der Waals surface area contributed by atoms with Crippen LogP contribution in [0.1, 0.15) is 126 Å². The molecule has 13 aromatic rings. The van der Waals surface area contributed by atoms with E-state index in [0.717, 1.165) is 103 Å². The van der Waals surface area contributed by atoms with E-state index in [-0.39, 0.29) is 112 Å². The van der Waals surface area contributed by atoms with E-state index < -0.39 is 116 Å². The normalized spacial score (nSPS) is 17.1. The van der Waals surface area contributed by atoms with Gasteiger partial charge in [0.2, 0.25) is 23.5 Å². The van der Waals surface area contributed by atoms with E-state index >= 15 is 0 Å². The first kappa shape index (κ1) is 106. The first-order valence-electron chi connectivity index (χ1n) is 40.7. The molecule has 5 aliphatic heterocycles. The lowest BCUT2D eigenvalue weighted by Crippen LogP contribution is -2.29. The van der Waals surface area contributed by atoms with Crippen LogP contribution in [-0.2, 0) is 129 Å². The highest BCUT2D eigenvalue weighted by molar-refractivity contribution is 7.99. The van der Waals surface area contributed by atoms with Crippen LogP contribution in [-0.4, -0.2) is 137 Å². The highest BCUT2D eigenvalue weighted by Crippen LogP contribution is 2.47. The number of rotatable bonds is 18. The lowest BCUT2D eigenvalue weighted by molar-refractivity contribution is -0.0508. The van der Waals surface area contributed by atoms with Crippen molar-refractivity contribution in [1.82, 2.24) is 49.8 Å². The van der Waals surface area contributed by atoms with Gasteiger partial charge in [0.15, 0.2) is 25.8 Å². The van der Waals surface area contributed by atoms with Crippen molar-refractivity contribution < 1.29 is 131 Å². The quantitative estimate of drug-likeness (QED) is 0.0192. The summed E-state index contributed by atoms with van der Waals surface area (Å²) in [6.45, 7) is 3.64. The number of fused-ring (bicyclic) bond motifs is 8. The fraction of sp³-hybridized carbons (Fsp3) is 0.295. The van der Waals surface area contributed by atoms with E-state index in [0.29, 0.717) is 49.6 Å². The van der Waals surface area contributed by atoms with Crippen molar-refractivity contribution in [3.05, 3.63) is 274 Å². The van der Waals surface area contributed by atoms with Crippen LogP contribution in [0.5, 0.6) is 23.5 Å². The number of hydrogen-bond donors (Lipinski definition) is 0. The van der Waals surface area contributed by atoms with Crippen molar-refractivity contribution in [3.63, 3.8) is 0 Å². The summed E-state index contributed by atoms with van der Waals surface area (Å²) in [5.74, 6) is -3.26. The zero-order chi connectivity index (χ0) is 101. The average Bonchev–Trinajstić information content (AvgIpc) is 0.737. The van der Waals surface area contributed by atoms with Gasteiger partial charge in [-0.15, -0.1) is 0 Å². The Labute approximate surface area is 827 Å². The topological polar surface area (TPSA) is 349 Å². The van der Waals surface area contributed by atoms with Crippen LogP contribution >= 0.6 is 93.6 Å². The second kappa shape index (κ2) is 43.6. The molecule has 8 aromatic carbocycles. The monoisotopic (exact) mass is 2180 g/mol. The summed E-state index contributed by atoms with van der Waals surface area (Å²) in [4.78, 5) is 41.3. The molecule has 0 aliphatic carbocycles. The SMILES string of the molecule is CSc1nc(Cl)c2c(n1)CC(c1cccc3cccc(C)c13)OC2.CSc1nc2c(c(OS(=O)(=O)C(F)(F)F)n1)COC(c1cccc3cccc(C)c13)C2.CSc1nc2c(c(OS(=O)(=O)C(F)(F)F)n1)COC(c1cccc3cccc(Cl)c13)C2.CSc1nc2c(c(OS(=O)(=O)C(F)(F)F)n1)COC(c1ccccc1Cl)C2.CSc1nc2c(c(OS(=O)(=O)C(F)(F)F)n1)COC(c1ccccc1F)C2. The predicted octanol–water partition coefficient (Wildman–Crippen LogP) is 22.2. The molecular weight excluding hydrogens is 2110 g/mol. The first-order valence-corrected chi connectivity index (χ1v) is 53.6. The molecule has 27 nitrogen and oxygen atoms in total. The molecule has 140 heavy (non-hydrogen) atoms. The second-order valence-corrected chi connectivity index (χ2v) is 41.6. The number of aryl methyl sites for hydroxylation is 2. The van der Waals surface area contributed by atoms with Crippen molar-refractivity contribution in [1.29, 1.82) is 0 Å². The molecule has 0 radical (unpaired) electrons. The average molecular weight is 2180 g/mol. The van der Waals surface area contributed by atoms with Crippen LogP contribution < -0.4 is 16.7 Å². The van der Waals surface area contributed by atoms with E-state index in [9.17, 15) is 90.7 Å². The van der Waals surface area contributed by atoms with E-state index in [1.807, 2.05) is 79.9 Å². The third-order valence-corrected chi connectivity index (χ3v) is 29.2. The smallest absolute Gasteiger partial charge is 0.368 e. The van der Waals surface area contributed by atoms with Crippen LogP contribution in [0.15, 0.2) is 184 Å². The van der Waals surface area contributed by atoms with E-state index in [1.54, 1.807) is 61.4 Å². The molecule has 0 bridgehead atoms. The zero-order valence-corrected chi connectivity index (χ0v) is 82.7. The molecule has 52 heteroatoms. The molecule has 18 rings (SSSR count). The number of ether oxygens (including phenoxy) is 5. The summed E-state index contributed by atoms with van der Waals surface area (Å²) in [5, 5.41) is 8.85. The number of thioether (sulfide) groups is 5. The maximum absolute atomic E-state index is 14.0. The Balaban J connectivity index is 0.000000140. The minimum Gasteiger partial charge on any atom is -0.368 e. The number of nitrogens with zero attached hydrogens (tertiary/aromatic N) is 10. The van der Waals surface area contributed by atoms with Crippen LogP contribution in [0.25, 0.3) is 32.3 Å². The third kappa shape index (κ3) is 23.9. The summed E-state index contributed by atoms with van der Waals surface area (Å²) >= 11 is 24.5. The van der Waals surface area contributed by atoms with Gasteiger partial charge in [0.1, 0.15) is 11.0 Å². The Bertz CT molecular complexity index is 7030. The van der Waals surface area contributed by atoms with Gasteiger partial charge in [-0.05, 0) is 124 Å². The summed E-state index contributed by atoms with van der Waals surface area (Å²) in [6, 6.07) is 48.6. The second-order valence-electron chi connectivity index (χ2n) is 30.4. The van der Waals surface area contributed by atoms with Crippen molar-refractivity contribution in [2.75, 3.05) is 31.3 Å². The molecule has 742 valence electrons. The Morgan fingerprint density at radius 2 is 0.543 bits per heavy atom. The summed E-state index contributed by atoms with van der Waals surface area (Å²) in [5.41, 5.74) is -12.6. The molecule has 5 aliphatic rings. The van der Waals surface area contributed by atoms with Crippen LogP contribution in [0.4, 0.5) is 57.1 Å². The summed E-state index contributed by atoms with van der Waals surface area (Å²) < 4.78 is 304. The highest BCUT2D eigenvalue weighted by Gasteiger charge is 2.53. The Kier molecular flexibility index (Phi) is 33.0. The molecule has 10 heterocycles.